The Morgan fingerprint density at radius 2 is 1.42 bits per heavy atom. The number of hydrogen-bond acceptors (Lipinski definition) is 4. The van der Waals surface area contributed by atoms with E-state index in [1.165, 1.54) is 0 Å². The van der Waals surface area contributed by atoms with Gasteiger partial charge in [0.05, 0.1) is 0 Å². The first kappa shape index (κ1) is 19.1. The van der Waals surface area contributed by atoms with Crippen LogP contribution in [0.15, 0.2) is 66.2 Å². The Balaban J connectivity index is 0.00000117. The molecule has 0 atom stereocenters. The van der Waals surface area contributed by atoms with Crippen molar-refractivity contribution in [3.05, 3.63) is 71.8 Å². The van der Waals surface area contributed by atoms with Gasteiger partial charge in [0.2, 0.25) is 0 Å². The fourth-order valence-corrected chi connectivity index (χ4v) is 2.39. The van der Waals surface area contributed by atoms with Crippen LogP contribution in [0.5, 0.6) is 5.75 Å². The smallest absolute Gasteiger partial charge is 0.339 e. The first-order valence-corrected chi connectivity index (χ1v) is 8.56. The summed E-state index contributed by atoms with van der Waals surface area (Å²) >= 11 is 0. The molecule has 0 aliphatic rings. The number of carbonyl (C=O) groups excluding carboxylic acids is 1. The highest BCUT2D eigenvalue weighted by Crippen LogP contribution is 2.23. The standard InChI is InChI=1S/C20H18N2O2.C2H6/c1-13(10-14-2-6-17(21)7-3-14)20(23)24-19-9-5-15-11-18(22)8-4-16(15)12-19;1-2/h2-12H,21-22H2,1H3;1-2H3/b13-10+;. The molecule has 0 spiro atoms. The Bertz CT molecular complexity index is 929. The fourth-order valence-electron chi connectivity index (χ4n) is 2.39. The van der Waals surface area contributed by atoms with Crippen LogP contribution >= 0.6 is 0 Å². The van der Waals surface area contributed by atoms with Crippen molar-refractivity contribution in [3.63, 3.8) is 0 Å². The minimum Gasteiger partial charge on any atom is -0.423 e. The van der Waals surface area contributed by atoms with E-state index in [1.807, 2.05) is 56.3 Å². The lowest BCUT2D eigenvalue weighted by molar-refractivity contribution is -0.130. The lowest BCUT2D eigenvalue weighted by atomic mass is 10.1. The molecule has 4 N–H and O–H groups in total. The molecule has 4 nitrogen and oxygen atoms in total. The number of benzene rings is 3. The highest BCUT2D eigenvalue weighted by Gasteiger charge is 2.08. The Kier molecular flexibility index (Phi) is 6.39. The maximum Gasteiger partial charge on any atom is 0.339 e. The van der Waals surface area contributed by atoms with Crippen molar-refractivity contribution in [3.8, 4) is 5.75 Å². The van der Waals surface area contributed by atoms with E-state index in [1.54, 1.807) is 31.2 Å². The number of anilines is 2. The van der Waals surface area contributed by atoms with Gasteiger partial charge in [0.1, 0.15) is 5.75 Å². The van der Waals surface area contributed by atoms with E-state index < -0.39 is 0 Å². The molecule has 0 saturated heterocycles. The average Bonchev–Trinajstić information content (AvgIpc) is 2.65. The van der Waals surface area contributed by atoms with Crippen LogP contribution in [0.3, 0.4) is 0 Å². The number of rotatable bonds is 3. The molecule has 0 saturated carbocycles. The third kappa shape index (κ3) is 4.86. The van der Waals surface area contributed by atoms with Crippen molar-refractivity contribution < 1.29 is 9.53 Å². The summed E-state index contributed by atoms with van der Waals surface area (Å²) in [5.74, 6) is 0.115. The molecule has 3 aromatic carbocycles. The zero-order chi connectivity index (χ0) is 19.1. The maximum absolute atomic E-state index is 12.2. The molecule has 4 heteroatoms. The zero-order valence-corrected chi connectivity index (χ0v) is 15.3. The number of ether oxygens (including phenoxy) is 1. The normalized spacial score (nSPS) is 10.8. The largest absolute Gasteiger partial charge is 0.423 e. The first-order valence-electron chi connectivity index (χ1n) is 8.56. The molecular weight excluding hydrogens is 324 g/mol. The minimum absolute atomic E-state index is 0.387. The first-order chi connectivity index (χ1) is 12.5. The van der Waals surface area contributed by atoms with E-state index >= 15 is 0 Å². The fraction of sp³-hybridized carbons (Fsp3) is 0.136. The van der Waals surface area contributed by atoms with Gasteiger partial charge in [0.15, 0.2) is 0 Å². The Morgan fingerprint density at radius 1 is 0.846 bits per heavy atom. The number of nitrogens with two attached hydrogens (primary N) is 2. The highest BCUT2D eigenvalue weighted by molar-refractivity contribution is 5.95. The number of hydrogen-bond donors (Lipinski definition) is 2. The van der Waals surface area contributed by atoms with Crippen LogP contribution in [0.25, 0.3) is 16.8 Å². The molecular formula is C22H24N2O2. The predicted molar refractivity (Wildman–Crippen MR) is 110 cm³/mol. The molecule has 134 valence electrons. The predicted octanol–water partition coefficient (Wildman–Crippen LogP) is 5.04. The van der Waals surface area contributed by atoms with Crippen LogP contribution in [0, 0.1) is 0 Å². The van der Waals surface area contributed by atoms with E-state index in [0.717, 1.165) is 16.3 Å². The monoisotopic (exact) mass is 348 g/mol. The topological polar surface area (TPSA) is 78.3 Å². The van der Waals surface area contributed by atoms with Gasteiger partial charge >= 0.3 is 5.97 Å². The van der Waals surface area contributed by atoms with E-state index in [0.29, 0.717) is 22.7 Å². The lowest BCUT2D eigenvalue weighted by Crippen LogP contribution is -2.09. The number of carbonyl (C=O) groups is 1. The minimum atomic E-state index is -0.387. The van der Waals surface area contributed by atoms with E-state index in [9.17, 15) is 4.79 Å². The maximum atomic E-state index is 12.2. The number of nitrogen functional groups attached to an aromatic ring is 2. The third-order valence-electron chi connectivity index (χ3n) is 3.69. The quantitative estimate of drug-likeness (QED) is 0.301. The number of fused-ring (bicyclic) bond motifs is 1. The van der Waals surface area contributed by atoms with Gasteiger partial charge in [-0.05, 0) is 65.7 Å². The van der Waals surface area contributed by atoms with Crippen LogP contribution in [-0.2, 0) is 4.79 Å². The summed E-state index contributed by atoms with van der Waals surface area (Å²) in [5, 5.41) is 1.97. The second kappa shape index (κ2) is 8.72. The molecule has 0 radical (unpaired) electrons. The summed E-state index contributed by atoms with van der Waals surface area (Å²) in [4.78, 5) is 12.2. The summed E-state index contributed by atoms with van der Waals surface area (Å²) in [6.07, 6.45) is 1.77. The van der Waals surface area contributed by atoms with E-state index in [2.05, 4.69) is 0 Å². The molecule has 0 amide bonds. The molecule has 0 unspecified atom stereocenters. The average molecular weight is 348 g/mol. The molecule has 0 heterocycles. The van der Waals surface area contributed by atoms with Crippen molar-refractivity contribution in [2.24, 2.45) is 0 Å². The van der Waals surface area contributed by atoms with Crippen LogP contribution in [0.1, 0.15) is 26.3 Å². The third-order valence-corrected chi connectivity index (χ3v) is 3.69. The Labute approximate surface area is 154 Å². The summed E-state index contributed by atoms with van der Waals surface area (Å²) in [7, 11) is 0. The molecule has 26 heavy (non-hydrogen) atoms. The number of esters is 1. The summed E-state index contributed by atoms with van der Waals surface area (Å²) in [6.45, 7) is 5.72. The SMILES string of the molecule is C/C(=C\c1ccc(N)cc1)C(=O)Oc1ccc2cc(N)ccc2c1.CC. The summed E-state index contributed by atoms with van der Waals surface area (Å²) in [6, 6.07) is 18.4. The molecule has 0 fully saturated rings. The van der Waals surface area contributed by atoms with Crippen LogP contribution in [0.4, 0.5) is 11.4 Å². The van der Waals surface area contributed by atoms with E-state index in [4.69, 9.17) is 16.2 Å². The van der Waals surface area contributed by atoms with Crippen LogP contribution in [0.2, 0.25) is 0 Å². The van der Waals surface area contributed by atoms with Gasteiger partial charge in [-0.15, -0.1) is 0 Å². The van der Waals surface area contributed by atoms with Gasteiger partial charge in [-0.25, -0.2) is 4.79 Å². The van der Waals surface area contributed by atoms with Gasteiger partial charge in [-0.2, -0.15) is 0 Å². The van der Waals surface area contributed by atoms with Gasteiger partial charge in [0.25, 0.3) is 0 Å². The molecule has 0 aliphatic carbocycles. The van der Waals surface area contributed by atoms with Crippen molar-refractivity contribution >= 4 is 34.2 Å². The summed E-state index contributed by atoms with van der Waals surface area (Å²) in [5.41, 5.74) is 14.2. The van der Waals surface area contributed by atoms with Gasteiger partial charge in [-0.1, -0.05) is 38.1 Å². The van der Waals surface area contributed by atoms with Gasteiger partial charge in [0, 0.05) is 16.9 Å². The molecule has 3 aromatic rings. The molecule has 0 aromatic heterocycles. The Hall–Kier alpha value is -3.27. The molecule has 3 rings (SSSR count). The van der Waals surface area contributed by atoms with Crippen molar-refractivity contribution in [1.29, 1.82) is 0 Å². The van der Waals surface area contributed by atoms with Gasteiger partial charge in [-0.3, -0.25) is 0 Å². The molecule has 0 bridgehead atoms. The van der Waals surface area contributed by atoms with Crippen LogP contribution in [-0.4, -0.2) is 5.97 Å². The van der Waals surface area contributed by atoms with Crippen LogP contribution < -0.4 is 16.2 Å². The van der Waals surface area contributed by atoms with Gasteiger partial charge < -0.3 is 16.2 Å². The van der Waals surface area contributed by atoms with Crippen molar-refractivity contribution in [1.82, 2.24) is 0 Å². The zero-order valence-electron chi connectivity index (χ0n) is 15.3. The Morgan fingerprint density at radius 3 is 2.12 bits per heavy atom. The molecule has 0 aliphatic heterocycles. The van der Waals surface area contributed by atoms with E-state index in [-0.39, 0.29) is 5.97 Å². The highest BCUT2D eigenvalue weighted by atomic mass is 16.5. The van der Waals surface area contributed by atoms with Crippen molar-refractivity contribution in [2.45, 2.75) is 20.8 Å². The second-order valence-corrected chi connectivity index (χ2v) is 5.65. The summed E-state index contributed by atoms with van der Waals surface area (Å²) < 4.78 is 5.45. The lowest BCUT2D eigenvalue weighted by Gasteiger charge is -2.07. The second-order valence-electron chi connectivity index (χ2n) is 5.65. The van der Waals surface area contributed by atoms with Crippen molar-refractivity contribution in [2.75, 3.05) is 11.5 Å².